The van der Waals surface area contributed by atoms with Crippen molar-refractivity contribution in [1.82, 2.24) is 10.6 Å². The molecule has 176 valence electrons. The van der Waals surface area contributed by atoms with Gasteiger partial charge in [-0.25, -0.2) is 4.79 Å². The first kappa shape index (κ1) is 22.6. The largest absolute Gasteiger partial charge is 0.464 e. The van der Waals surface area contributed by atoms with Gasteiger partial charge in [-0.3, -0.25) is 4.79 Å². The van der Waals surface area contributed by atoms with E-state index in [1.165, 1.54) is 41.2 Å². The standard InChI is InChI=1S/C29H32N2O3/c1-19(25-11-5-7-21-6-2-3-10-26(21)25)30-24-9-4-8-23(18-24)20-12-14-22(15-13-20)28(32)31-27-16-17-34-29(27)33/h2-3,5-7,10-15,19,23-24,27,30H,4,8-9,16-18H2,1H3,(H,31,32)/t19?,23-,24?,27?/m0/s1. The number of carbonyl (C=O) groups excluding carboxylic acids is 2. The molecular formula is C29H32N2O3. The van der Waals surface area contributed by atoms with Crippen LogP contribution in [0.4, 0.5) is 0 Å². The lowest BCUT2D eigenvalue weighted by Crippen LogP contribution is -2.37. The van der Waals surface area contributed by atoms with Gasteiger partial charge in [0.2, 0.25) is 0 Å². The van der Waals surface area contributed by atoms with Crippen LogP contribution in [0.15, 0.2) is 66.7 Å². The highest BCUT2D eigenvalue weighted by molar-refractivity contribution is 5.97. The number of nitrogens with one attached hydrogen (secondary N) is 2. The molecule has 5 nitrogen and oxygen atoms in total. The van der Waals surface area contributed by atoms with Gasteiger partial charge >= 0.3 is 5.97 Å². The van der Waals surface area contributed by atoms with E-state index >= 15 is 0 Å². The van der Waals surface area contributed by atoms with Crippen LogP contribution in [0.2, 0.25) is 0 Å². The van der Waals surface area contributed by atoms with Crippen molar-refractivity contribution in [3.05, 3.63) is 83.4 Å². The van der Waals surface area contributed by atoms with Gasteiger partial charge in [0.15, 0.2) is 0 Å². The summed E-state index contributed by atoms with van der Waals surface area (Å²) in [5, 5.41) is 9.27. The van der Waals surface area contributed by atoms with Gasteiger partial charge in [-0.2, -0.15) is 0 Å². The van der Waals surface area contributed by atoms with E-state index in [-0.39, 0.29) is 17.9 Å². The van der Waals surface area contributed by atoms with E-state index in [2.05, 4.69) is 72.2 Å². The van der Waals surface area contributed by atoms with Gasteiger partial charge in [-0.15, -0.1) is 0 Å². The van der Waals surface area contributed by atoms with Crippen molar-refractivity contribution in [3.8, 4) is 0 Å². The zero-order valence-corrected chi connectivity index (χ0v) is 19.6. The van der Waals surface area contributed by atoms with Crippen LogP contribution in [-0.2, 0) is 9.53 Å². The van der Waals surface area contributed by atoms with Gasteiger partial charge < -0.3 is 15.4 Å². The summed E-state index contributed by atoms with van der Waals surface area (Å²) < 4.78 is 4.93. The molecule has 1 saturated heterocycles. The Morgan fingerprint density at radius 2 is 1.76 bits per heavy atom. The van der Waals surface area contributed by atoms with Crippen LogP contribution in [0.5, 0.6) is 0 Å². The summed E-state index contributed by atoms with van der Waals surface area (Å²) in [6.45, 7) is 2.64. The molecule has 0 aromatic heterocycles. The molecule has 1 heterocycles. The Bertz CT molecular complexity index is 1170. The van der Waals surface area contributed by atoms with Crippen molar-refractivity contribution < 1.29 is 14.3 Å². The topological polar surface area (TPSA) is 67.4 Å². The molecule has 2 fully saturated rings. The minimum atomic E-state index is -0.527. The molecule has 3 aromatic rings. The molecule has 5 rings (SSSR count). The quantitative estimate of drug-likeness (QED) is 0.497. The van der Waals surface area contributed by atoms with Crippen LogP contribution in [0.25, 0.3) is 10.8 Å². The predicted octanol–water partition coefficient (Wildman–Crippen LogP) is 5.26. The first-order valence-corrected chi connectivity index (χ1v) is 12.4. The molecule has 0 bridgehead atoms. The van der Waals surface area contributed by atoms with Gasteiger partial charge in [-0.05, 0) is 66.1 Å². The monoisotopic (exact) mass is 456 g/mol. The lowest BCUT2D eigenvalue weighted by Gasteiger charge is -2.32. The van der Waals surface area contributed by atoms with E-state index in [1.54, 1.807) is 0 Å². The SMILES string of the molecule is CC(NC1CCC[C@H](c2ccc(C(=O)NC3CCOC3=O)cc2)C1)c1cccc2ccccc12. The first-order chi connectivity index (χ1) is 16.6. The molecular weight excluding hydrogens is 424 g/mol. The molecule has 5 heteroatoms. The maximum absolute atomic E-state index is 12.5. The maximum atomic E-state index is 12.5. The number of amides is 1. The lowest BCUT2D eigenvalue weighted by molar-refractivity contribution is -0.139. The second kappa shape index (κ2) is 9.98. The van der Waals surface area contributed by atoms with Crippen LogP contribution in [-0.4, -0.2) is 30.6 Å². The molecule has 1 aliphatic heterocycles. The molecule has 1 aliphatic carbocycles. The van der Waals surface area contributed by atoms with E-state index in [1.807, 2.05) is 12.1 Å². The summed E-state index contributed by atoms with van der Waals surface area (Å²) in [5.74, 6) is -0.0844. The molecule has 34 heavy (non-hydrogen) atoms. The third-order valence-electron chi connectivity index (χ3n) is 7.33. The molecule has 1 saturated carbocycles. The van der Waals surface area contributed by atoms with Gasteiger partial charge in [0.1, 0.15) is 6.04 Å². The van der Waals surface area contributed by atoms with Gasteiger partial charge in [0.05, 0.1) is 6.61 Å². The molecule has 1 amide bonds. The van der Waals surface area contributed by atoms with Gasteiger partial charge in [-0.1, -0.05) is 61.0 Å². The number of fused-ring (bicyclic) bond motifs is 1. The lowest BCUT2D eigenvalue weighted by atomic mass is 9.80. The van der Waals surface area contributed by atoms with E-state index in [9.17, 15) is 9.59 Å². The Balaban J connectivity index is 1.22. The van der Waals surface area contributed by atoms with Crippen LogP contribution in [0, 0.1) is 0 Å². The van der Waals surface area contributed by atoms with Crippen LogP contribution in [0.1, 0.15) is 72.5 Å². The average molecular weight is 457 g/mol. The van der Waals surface area contributed by atoms with Gasteiger partial charge in [0, 0.05) is 24.1 Å². The summed E-state index contributed by atoms with van der Waals surface area (Å²) in [6, 6.07) is 23.2. The minimum Gasteiger partial charge on any atom is -0.464 e. The van der Waals surface area contributed by atoms with E-state index in [0.717, 1.165) is 6.42 Å². The Kier molecular flexibility index (Phi) is 6.63. The molecule has 0 spiro atoms. The number of carbonyl (C=O) groups is 2. The normalized spacial score (nSPS) is 23.4. The number of cyclic esters (lactones) is 1. The summed E-state index contributed by atoms with van der Waals surface area (Å²) in [7, 11) is 0. The molecule has 0 radical (unpaired) electrons. The second-order valence-corrected chi connectivity index (χ2v) is 9.62. The Morgan fingerprint density at radius 3 is 2.56 bits per heavy atom. The van der Waals surface area contributed by atoms with Gasteiger partial charge in [0.25, 0.3) is 5.91 Å². The number of ether oxygens (including phenoxy) is 1. The molecule has 3 unspecified atom stereocenters. The van der Waals surface area contributed by atoms with E-state index in [4.69, 9.17) is 4.74 Å². The van der Waals surface area contributed by atoms with Crippen molar-refractivity contribution in [2.24, 2.45) is 0 Å². The highest BCUT2D eigenvalue weighted by atomic mass is 16.5. The fourth-order valence-electron chi connectivity index (χ4n) is 5.49. The third-order valence-corrected chi connectivity index (χ3v) is 7.33. The summed E-state index contributed by atoms with van der Waals surface area (Å²) in [5.41, 5.74) is 3.21. The maximum Gasteiger partial charge on any atom is 0.328 e. The van der Waals surface area contributed by atoms with Crippen molar-refractivity contribution >= 4 is 22.6 Å². The Morgan fingerprint density at radius 1 is 0.971 bits per heavy atom. The van der Waals surface area contributed by atoms with E-state index < -0.39 is 6.04 Å². The molecule has 3 aromatic carbocycles. The smallest absolute Gasteiger partial charge is 0.328 e. The van der Waals surface area contributed by atoms with Crippen LogP contribution < -0.4 is 10.6 Å². The Labute approximate surface area is 200 Å². The average Bonchev–Trinajstić information content (AvgIpc) is 3.28. The number of esters is 1. The molecule has 2 N–H and O–H groups in total. The minimum absolute atomic E-state index is 0.220. The molecule has 4 atom stereocenters. The van der Waals surface area contributed by atoms with Crippen molar-refractivity contribution in [3.63, 3.8) is 0 Å². The number of benzene rings is 3. The fourth-order valence-corrected chi connectivity index (χ4v) is 5.49. The summed E-state index contributed by atoms with van der Waals surface area (Å²) >= 11 is 0. The van der Waals surface area contributed by atoms with Crippen molar-refractivity contribution in [2.45, 2.75) is 63.1 Å². The second-order valence-electron chi connectivity index (χ2n) is 9.62. The number of hydrogen-bond acceptors (Lipinski definition) is 4. The third kappa shape index (κ3) is 4.85. The zero-order valence-electron chi connectivity index (χ0n) is 19.6. The van der Waals surface area contributed by atoms with Crippen molar-refractivity contribution in [1.29, 1.82) is 0 Å². The zero-order chi connectivity index (χ0) is 23.5. The van der Waals surface area contributed by atoms with Crippen molar-refractivity contribution in [2.75, 3.05) is 6.61 Å². The highest BCUT2D eigenvalue weighted by Gasteiger charge is 2.29. The highest BCUT2D eigenvalue weighted by Crippen LogP contribution is 2.34. The predicted molar refractivity (Wildman–Crippen MR) is 134 cm³/mol. The van der Waals surface area contributed by atoms with Crippen LogP contribution in [0.3, 0.4) is 0 Å². The molecule has 2 aliphatic rings. The Hall–Kier alpha value is -3.18. The number of rotatable bonds is 6. The number of hydrogen-bond donors (Lipinski definition) is 2. The van der Waals surface area contributed by atoms with E-state index in [0.29, 0.717) is 30.6 Å². The first-order valence-electron chi connectivity index (χ1n) is 12.4. The van der Waals surface area contributed by atoms with Crippen LogP contribution >= 0.6 is 0 Å². The fraction of sp³-hybridized carbons (Fsp3) is 0.379. The summed E-state index contributed by atoms with van der Waals surface area (Å²) in [4.78, 5) is 24.1. The summed E-state index contributed by atoms with van der Waals surface area (Å²) in [6.07, 6.45) is 5.17.